The van der Waals surface area contributed by atoms with Crippen molar-refractivity contribution >= 4 is 5.69 Å². The van der Waals surface area contributed by atoms with Crippen LogP contribution in [0, 0.1) is 6.92 Å². The van der Waals surface area contributed by atoms with E-state index in [0.717, 1.165) is 22.5 Å². The van der Waals surface area contributed by atoms with Gasteiger partial charge < -0.3 is 9.73 Å². The Morgan fingerprint density at radius 3 is 2.81 bits per heavy atom. The molecule has 0 saturated carbocycles. The van der Waals surface area contributed by atoms with E-state index in [-0.39, 0.29) is 6.04 Å². The van der Waals surface area contributed by atoms with E-state index in [1.807, 2.05) is 36.4 Å². The molecule has 0 bridgehead atoms. The fourth-order valence-electron chi connectivity index (χ4n) is 2.15. The Bertz CT molecular complexity index is 710. The van der Waals surface area contributed by atoms with Gasteiger partial charge in [-0.1, -0.05) is 12.1 Å². The van der Waals surface area contributed by atoms with Gasteiger partial charge in [0.1, 0.15) is 0 Å². The highest BCUT2D eigenvalue weighted by atomic mass is 16.4. The molecule has 0 spiro atoms. The van der Waals surface area contributed by atoms with E-state index >= 15 is 0 Å². The van der Waals surface area contributed by atoms with Crippen molar-refractivity contribution in [1.82, 2.24) is 15.2 Å². The van der Waals surface area contributed by atoms with E-state index in [9.17, 15) is 0 Å². The summed E-state index contributed by atoms with van der Waals surface area (Å²) in [5.74, 6) is 0.517. The van der Waals surface area contributed by atoms with Crippen molar-refractivity contribution in [2.24, 2.45) is 0 Å². The molecule has 106 valence electrons. The average molecular weight is 280 g/mol. The first-order valence-electron chi connectivity index (χ1n) is 6.78. The summed E-state index contributed by atoms with van der Waals surface area (Å²) in [4.78, 5) is 4.37. The van der Waals surface area contributed by atoms with Gasteiger partial charge in [0.25, 0.3) is 0 Å². The molecule has 1 unspecified atom stereocenters. The third kappa shape index (κ3) is 2.91. The predicted octanol–water partition coefficient (Wildman–Crippen LogP) is 3.61. The molecule has 0 amide bonds. The topological polar surface area (TPSA) is 63.8 Å². The Hall–Kier alpha value is -2.69. The molecule has 21 heavy (non-hydrogen) atoms. The van der Waals surface area contributed by atoms with Gasteiger partial charge in [-0.05, 0) is 43.7 Å². The van der Waals surface area contributed by atoms with Gasteiger partial charge in [-0.25, -0.2) is 0 Å². The van der Waals surface area contributed by atoms with E-state index in [1.54, 1.807) is 6.20 Å². The largest absolute Gasteiger partial charge is 0.423 e. The maximum Gasteiger partial charge on any atom is 0.247 e. The molecule has 0 saturated heterocycles. The van der Waals surface area contributed by atoms with Crippen molar-refractivity contribution in [3.05, 3.63) is 60.2 Å². The normalized spacial score (nSPS) is 12.1. The molecule has 2 heterocycles. The number of pyridine rings is 1. The van der Waals surface area contributed by atoms with Crippen molar-refractivity contribution < 1.29 is 4.42 Å². The van der Waals surface area contributed by atoms with Gasteiger partial charge in [0, 0.05) is 17.4 Å². The molecule has 5 nitrogen and oxygen atoms in total. The van der Waals surface area contributed by atoms with E-state index < -0.39 is 0 Å². The Kier molecular flexibility index (Phi) is 3.64. The minimum Gasteiger partial charge on any atom is -0.423 e. The van der Waals surface area contributed by atoms with Crippen LogP contribution in [0.15, 0.2) is 53.4 Å². The Labute approximate surface area is 123 Å². The predicted molar refractivity (Wildman–Crippen MR) is 80.7 cm³/mol. The molecule has 3 aromatic rings. The molecule has 0 aliphatic carbocycles. The lowest BCUT2D eigenvalue weighted by Crippen LogP contribution is -2.09. The smallest absolute Gasteiger partial charge is 0.247 e. The van der Waals surface area contributed by atoms with Crippen LogP contribution in [0.3, 0.4) is 0 Å². The maximum absolute atomic E-state index is 5.24. The molecule has 0 aliphatic rings. The highest BCUT2D eigenvalue weighted by molar-refractivity contribution is 5.64. The lowest BCUT2D eigenvalue weighted by atomic mass is 10.1. The number of nitrogens with zero attached hydrogens (tertiary/aromatic N) is 3. The minimum atomic E-state index is 0.114. The summed E-state index contributed by atoms with van der Waals surface area (Å²) in [5.41, 5.74) is 4.08. The number of benzene rings is 1. The highest BCUT2D eigenvalue weighted by Gasteiger charge is 2.10. The van der Waals surface area contributed by atoms with Crippen LogP contribution in [0.4, 0.5) is 5.69 Å². The van der Waals surface area contributed by atoms with Crippen LogP contribution in [0.2, 0.25) is 0 Å². The standard InChI is InChI=1S/C16H16N4O/c1-11-6-7-13(16-20-18-10-21-16)9-15(11)19-12(2)14-5-3-4-8-17-14/h3-10,12,19H,1-2H3. The third-order valence-corrected chi connectivity index (χ3v) is 3.35. The van der Waals surface area contributed by atoms with Gasteiger partial charge in [0.05, 0.1) is 11.7 Å². The van der Waals surface area contributed by atoms with Crippen LogP contribution < -0.4 is 5.32 Å². The molecule has 1 aromatic carbocycles. The molecule has 1 N–H and O–H groups in total. The zero-order valence-corrected chi connectivity index (χ0v) is 11.9. The molecule has 5 heteroatoms. The number of nitrogens with one attached hydrogen (secondary N) is 1. The zero-order chi connectivity index (χ0) is 14.7. The minimum absolute atomic E-state index is 0.114. The van der Waals surface area contributed by atoms with Crippen LogP contribution >= 0.6 is 0 Å². The van der Waals surface area contributed by atoms with Gasteiger partial charge in [-0.15, -0.1) is 10.2 Å². The van der Waals surface area contributed by atoms with Crippen molar-refractivity contribution in [2.45, 2.75) is 19.9 Å². The van der Waals surface area contributed by atoms with Crippen molar-refractivity contribution in [3.63, 3.8) is 0 Å². The summed E-state index contributed by atoms with van der Waals surface area (Å²) < 4.78 is 5.24. The lowest BCUT2D eigenvalue weighted by Gasteiger charge is -2.17. The first kappa shape index (κ1) is 13.3. The van der Waals surface area contributed by atoms with Gasteiger partial charge in [0.2, 0.25) is 12.3 Å². The highest BCUT2D eigenvalue weighted by Crippen LogP contribution is 2.26. The van der Waals surface area contributed by atoms with Crippen molar-refractivity contribution in [2.75, 3.05) is 5.32 Å². The zero-order valence-electron chi connectivity index (χ0n) is 11.9. The summed E-state index contributed by atoms with van der Waals surface area (Å²) in [6.45, 7) is 4.15. The average Bonchev–Trinajstić information content (AvgIpc) is 3.04. The number of rotatable bonds is 4. The van der Waals surface area contributed by atoms with Crippen LogP contribution in [0.25, 0.3) is 11.5 Å². The SMILES string of the molecule is Cc1ccc(-c2nnco2)cc1NC(C)c1ccccn1. The molecular weight excluding hydrogens is 264 g/mol. The second-order valence-corrected chi connectivity index (χ2v) is 4.89. The van der Waals surface area contributed by atoms with Gasteiger partial charge in [0.15, 0.2) is 0 Å². The summed E-state index contributed by atoms with van der Waals surface area (Å²) in [6.07, 6.45) is 3.13. The number of hydrogen-bond donors (Lipinski definition) is 1. The van der Waals surface area contributed by atoms with Crippen LogP contribution in [-0.2, 0) is 0 Å². The van der Waals surface area contributed by atoms with Gasteiger partial charge in [-0.2, -0.15) is 0 Å². The molecular formula is C16H16N4O. The molecule has 3 rings (SSSR count). The summed E-state index contributed by atoms with van der Waals surface area (Å²) >= 11 is 0. The Balaban J connectivity index is 1.86. The molecule has 0 aliphatic heterocycles. The van der Waals surface area contributed by atoms with Gasteiger partial charge >= 0.3 is 0 Å². The summed E-state index contributed by atoms with van der Waals surface area (Å²) in [7, 11) is 0. The fraction of sp³-hybridized carbons (Fsp3) is 0.188. The van der Waals surface area contributed by atoms with Crippen LogP contribution in [0.1, 0.15) is 24.2 Å². The third-order valence-electron chi connectivity index (χ3n) is 3.35. The number of aryl methyl sites for hydroxylation is 1. The number of anilines is 1. The Morgan fingerprint density at radius 2 is 2.10 bits per heavy atom. The quantitative estimate of drug-likeness (QED) is 0.790. The van der Waals surface area contributed by atoms with Gasteiger partial charge in [-0.3, -0.25) is 4.98 Å². The first-order chi connectivity index (χ1) is 10.2. The van der Waals surface area contributed by atoms with E-state index in [0.29, 0.717) is 5.89 Å². The summed E-state index contributed by atoms with van der Waals surface area (Å²) in [5, 5.41) is 11.1. The lowest BCUT2D eigenvalue weighted by molar-refractivity contribution is 0.568. The second kappa shape index (κ2) is 5.75. The molecule has 0 fully saturated rings. The van der Waals surface area contributed by atoms with Crippen molar-refractivity contribution in [3.8, 4) is 11.5 Å². The molecule has 1 atom stereocenters. The number of aromatic nitrogens is 3. The Morgan fingerprint density at radius 1 is 1.19 bits per heavy atom. The first-order valence-corrected chi connectivity index (χ1v) is 6.78. The second-order valence-electron chi connectivity index (χ2n) is 4.89. The van der Waals surface area contributed by atoms with E-state index in [1.165, 1.54) is 6.39 Å². The number of hydrogen-bond acceptors (Lipinski definition) is 5. The van der Waals surface area contributed by atoms with Crippen LogP contribution in [-0.4, -0.2) is 15.2 Å². The monoisotopic (exact) mass is 280 g/mol. The van der Waals surface area contributed by atoms with E-state index in [2.05, 4.69) is 34.3 Å². The fourth-order valence-corrected chi connectivity index (χ4v) is 2.15. The van der Waals surface area contributed by atoms with E-state index in [4.69, 9.17) is 4.42 Å². The molecule has 2 aromatic heterocycles. The maximum atomic E-state index is 5.24. The summed E-state index contributed by atoms with van der Waals surface area (Å²) in [6, 6.07) is 12.0. The molecule has 0 radical (unpaired) electrons. The van der Waals surface area contributed by atoms with Crippen molar-refractivity contribution in [1.29, 1.82) is 0 Å². The van der Waals surface area contributed by atoms with Crippen LogP contribution in [0.5, 0.6) is 0 Å².